The van der Waals surface area contributed by atoms with E-state index < -0.39 is 0 Å². The zero-order valence-corrected chi connectivity index (χ0v) is 11.6. The number of ether oxygens (including phenoxy) is 1. The van der Waals surface area contributed by atoms with Crippen LogP contribution in [0.1, 0.15) is 52.4 Å². The van der Waals surface area contributed by atoms with Gasteiger partial charge in [-0.15, -0.1) is 0 Å². The topological polar surface area (TPSA) is 46.6 Å². The van der Waals surface area contributed by atoms with Crippen LogP contribution in [0.2, 0.25) is 0 Å². The lowest BCUT2D eigenvalue weighted by Gasteiger charge is -2.30. The number of carbonyl (C=O) groups is 2. The highest BCUT2D eigenvalue weighted by molar-refractivity contribution is 5.79. The molecule has 0 bridgehead atoms. The molecule has 1 aliphatic heterocycles. The fraction of sp³-hybridized carbons (Fsp3) is 0.857. The third-order valence-electron chi connectivity index (χ3n) is 3.41. The molecule has 1 atom stereocenters. The van der Waals surface area contributed by atoms with Gasteiger partial charge in [0.25, 0.3) is 0 Å². The van der Waals surface area contributed by atoms with Crippen LogP contribution in [0, 0.1) is 5.92 Å². The standard InChI is InChI=1S/C14H25NO3/c1-3-18-13(16)9-5-4-6-10-15-11-7-8-12(2)14(15)17/h12H,3-11H2,1-2H3. The number of hydrogen-bond acceptors (Lipinski definition) is 3. The molecule has 4 nitrogen and oxygen atoms in total. The van der Waals surface area contributed by atoms with Crippen molar-refractivity contribution in [2.24, 2.45) is 5.92 Å². The smallest absolute Gasteiger partial charge is 0.305 e. The molecule has 0 radical (unpaired) electrons. The fourth-order valence-electron chi connectivity index (χ4n) is 2.34. The van der Waals surface area contributed by atoms with Gasteiger partial charge in [-0.05, 0) is 32.6 Å². The maximum absolute atomic E-state index is 11.8. The molecule has 1 amide bonds. The Morgan fingerprint density at radius 1 is 1.39 bits per heavy atom. The Hall–Kier alpha value is -1.06. The first-order chi connectivity index (χ1) is 8.65. The van der Waals surface area contributed by atoms with Gasteiger partial charge in [0.05, 0.1) is 6.61 Å². The summed E-state index contributed by atoms with van der Waals surface area (Å²) in [5, 5.41) is 0. The molecule has 4 heteroatoms. The highest BCUT2D eigenvalue weighted by Gasteiger charge is 2.24. The largest absolute Gasteiger partial charge is 0.466 e. The summed E-state index contributed by atoms with van der Waals surface area (Å²) in [6.07, 6.45) is 5.47. The van der Waals surface area contributed by atoms with Gasteiger partial charge in [-0.25, -0.2) is 0 Å². The van der Waals surface area contributed by atoms with Gasteiger partial charge >= 0.3 is 5.97 Å². The molecule has 0 saturated carbocycles. The van der Waals surface area contributed by atoms with Crippen LogP contribution < -0.4 is 0 Å². The van der Waals surface area contributed by atoms with Crippen molar-refractivity contribution in [3.05, 3.63) is 0 Å². The summed E-state index contributed by atoms with van der Waals surface area (Å²) in [5.74, 6) is 0.380. The Balaban J connectivity index is 2.07. The average molecular weight is 255 g/mol. The Bertz CT molecular complexity index is 278. The molecule has 18 heavy (non-hydrogen) atoms. The van der Waals surface area contributed by atoms with Gasteiger partial charge in [-0.1, -0.05) is 13.3 Å². The summed E-state index contributed by atoms with van der Waals surface area (Å²) in [6, 6.07) is 0. The van der Waals surface area contributed by atoms with E-state index in [4.69, 9.17) is 4.74 Å². The van der Waals surface area contributed by atoms with Crippen LogP contribution in [0.4, 0.5) is 0 Å². The number of carbonyl (C=O) groups excluding carboxylic acids is 2. The van der Waals surface area contributed by atoms with Crippen molar-refractivity contribution in [3.8, 4) is 0 Å². The van der Waals surface area contributed by atoms with E-state index in [1.54, 1.807) is 0 Å². The summed E-state index contributed by atoms with van der Waals surface area (Å²) in [5.41, 5.74) is 0. The monoisotopic (exact) mass is 255 g/mol. The molecular formula is C14H25NO3. The zero-order valence-electron chi connectivity index (χ0n) is 11.6. The summed E-state index contributed by atoms with van der Waals surface area (Å²) in [4.78, 5) is 24.9. The molecule has 1 unspecified atom stereocenters. The van der Waals surface area contributed by atoms with Gasteiger partial charge in [0.2, 0.25) is 5.91 Å². The molecule has 104 valence electrons. The van der Waals surface area contributed by atoms with Gasteiger partial charge in [0.1, 0.15) is 0 Å². The minimum absolute atomic E-state index is 0.111. The molecule has 1 heterocycles. The lowest BCUT2D eigenvalue weighted by molar-refractivity contribution is -0.143. The molecule has 0 aromatic carbocycles. The van der Waals surface area contributed by atoms with Crippen LogP contribution >= 0.6 is 0 Å². The maximum atomic E-state index is 11.8. The average Bonchev–Trinajstić information content (AvgIpc) is 2.34. The van der Waals surface area contributed by atoms with Crippen LogP contribution in [0.15, 0.2) is 0 Å². The minimum atomic E-state index is -0.111. The van der Waals surface area contributed by atoms with E-state index in [1.165, 1.54) is 0 Å². The fourth-order valence-corrected chi connectivity index (χ4v) is 2.34. The van der Waals surface area contributed by atoms with Crippen molar-refractivity contribution in [2.75, 3.05) is 19.7 Å². The van der Waals surface area contributed by atoms with Crippen molar-refractivity contribution in [1.29, 1.82) is 0 Å². The number of piperidine rings is 1. The summed E-state index contributed by atoms with van der Waals surface area (Å²) in [7, 11) is 0. The molecular weight excluding hydrogens is 230 g/mol. The van der Waals surface area contributed by atoms with Crippen molar-refractivity contribution >= 4 is 11.9 Å². The number of likely N-dealkylation sites (tertiary alicyclic amines) is 1. The van der Waals surface area contributed by atoms with Crippen LogP contribution in [0.3, 0.4) is 0 Å². The van der Waals surface area contributed by atoms with E-state index in [1.807, 2.05) is 18.7 Å². The van der Waals surface area contributed by atoms with Crippen LogP contribution in [-0.2, 0) is 14.3 Å². The molecule has 0 N–H and O–H groups in total. The highest BCUT2D eigenvalue weighted by Crippen LogP contribution is 2.17. The Kier molecular flexibility index (Phi) is 6.76. The highest BCUT2D eigenvalue weighted by atomic mass is 16.5. The second-order valence-electron chi connectivity index (χ2n) is 4.98. The maximum Gasteiger partial charge on any atom is 0.305 e. The van der Waals surface area contributed by atoms with E-state index in [0.29, 0.717) is 18.9 Å². The quantitative estimate of drug-likeness (QED) is 0.518. The van der Waals surface area contributed by atoms with Crippen LogP contribution in [0.5, 0.6) is 0 Å². The van der Waals surface area contributed by atoms with E-state index in [0.717, 1.165) is 45.2 Å². The van der Waals surface area contributed by atoms with Gasteiger partial charge in [0, 0.05) is 25.4 Å². The molecule has 0 aliphatic carbocycles. The lowest BCUT2D eigenvalue weighted by Crippen LogP contribution is -2.40. The molecule has 1 fully saturated rings. The predicted octanol–water partition coefficient (Wildman–Crippen LogP) is 2.37. The van der Waals surface area contributed by atoms with E-state index >= 15 is 0 Å². The number of rotatable bonds is 7. The number of amides is 1. The lowest BCUT2D eigenvalue weighted by atomic mass is 9.99. The van der Waals surface area contributed by atoms with Gasteiger partial charge in [-0.3, -0.25) is 9.59 Å². The summed E-state index contributed by atoms with van der Waals surface area (Å²) >= 11 is 0. The second kappa shape index (κ2) is 8.11. The van der Waals surface area contributed by atoms with E-state index in [2.05, 4.69) is 0 Å². The first-order valence-corrected chi connectivity index (χ1v) is 7.09. The summed E-state index contributed by atoms with van der Waals surface area (Å²) in [6.45, 7) is 6.03. The van der Waals surface area contributed by atoms with Crippen LogP contribution in [-0.4, -0.2) is 36.5 Å². The van der Waals surface area contributed by atoms with Crippen molar-refractivity contribution in [2.45, 2.75) is 52.4 Å². The molecule has 0 spiro atoms. The predicted molar refractivity (Wildman–Crippen MR) is 70.1 cm³/mol. The van der Waals surface area contributed by atoms with E-state index in [9.17, 15) is 9.59 Å². The van der Waals surface area contributed by atoms with Gasteiger partial charge < -0.3 is 9.64 Å². The molecule has 1 saturated heterocycles. The molecule has 1 aliphatic rings. The third-order valence-corrected chi connectivity index (χ3v) is 3.41. The Morgan fingerprint density at radius 2 is 2.17 bits per heavy atom. The number of unbranched alkanes of at least 4 members (excludes halogenated alkanes) is 2. The molecule has 1 rings (SSSR count). The van der Waals surface area contributed by atoms with Gasteiger partial charge in [0.15, 0.2) is 0 Å². The van der Waals surface area contributed by atoms with Crippen LogP contribution in [0.25, 0.3) is 0 Å². The zero-order chi connectivity index (χ0) is 13.4. The SMILES string of the molecule is CCOC(=O)CCCCCN1CCCC(C)C1=O. The van der Waals surface area contributed by atoms with Gasteiger partial charge in [-0.2, -0.15) is 0 Å². The first kappa shape index (κ1) is 15.0. The van der Waals surface area contributed by atoms with E-state index in [-0.39, 0.29) is 11.9 Å². The Morgan fingerprint density at radius 3 is 2.89 bits per heavy atom. The minimum Gasteiger partial charge on any atom is -0.466 e. The molecule has 0 aromatic heterocycles. The van der Waals surface area contributed by atoms with Crippen molar-refractivity contribution in [3.63, 3.8) is 0 Å². The van der Waals surface area contributed by atoms with Crippen molar-refractivity contribution < 1.29 is 14.3 Å². The molecule has 0 aromatic rings. The number of esters is 1. The number of nitrogens with zero attached hydrogens (tertiary/aromatic N) is 1. The number of hydrogen-bond donors (Lipinski definition) is 0. The van der Waals surface area contributed by atoms with Crippen molar-refractivity contribution in [1.82, 2.24) is 4.90 Å². The Labute approximate surface area is 110 Å². The summed E-state index contributed by atoms with van der Waals surface area (Å²) < 4.78 is 4.87. The third kappa shape index (κ3) is 5.07. The second-order valence-corrected chi connectivity index (χ2v) is 4.98. The normalized spacial score (nSPS) is 20.0. The first-order valence-electron chi connectivity index (χ1n) is 7.09.